The Bertz CT molecular complexity index is 134. The van der Waals surface area contributed by atoms with E-state index in [4.69, 9.17) is 15.0 Å². The monoisotopic (exact) mass is 178 g/mol. The van der Waals surface area contributed by atoms with Gasteiger partial charge in [-0.2, -0.15) is 0 Å². The van der Waals surface area contributed by atoms with Crippen LogP contribution in [0.3, 0.4) is 0 Å². The molecule has 6 heteroatoms. The van der Waals surface area contributed by atoms with Crippen LogP contribution in [0, 0.1) is 0 Å². The molecule has 0 aliphatic heterocycles. The summed E-state index contributed by atoms with van der Waals surface area (Å²) in [5, 5.41) is 17.5. The molecule has 0 saturated carbocycles. The maximum Gasteiger partial charge on any atom is 0.404 e. The summed E-state index contributed by atoms with van der Waals surface area (Å²) in [6.07, 6.45) is -0.314. The Morgan fingerprint density at radius 3 is 2.08 bits per heavy atom. The minimum absolute atomic E-state index is 0.575. The Balaban J connectivity index is 0. The summed E-state index contributed by atoms with van der Waals surface area (Å²) in [6, 6.07) is 0. The van der Waals surface area contributed by atoms with E-state index in [-0.39, 0.29) is 0 Å². The molecule has 0 bridgehead atoms. The van der Waals surface area contributed by atoms with E-state index in [0.717, 1.165) is 12.8 Å². The minimum atomic E-state index is -1.33. The van der Waals surface area contributed by atoms with Crippen LogP contribution in [-0.4, -0.2) is 28.9 Å². The quantitative estimate of drug-likeness (QED) is 0.476. The van der Waals surface area contributed by atoms with E-state index >= 15 is 0 Å². The highest BCUT2D eigenvalue weighted by molar-refractivity contribution is 5.64. The highest BCUT2D eigenvalue weighted by Crippen LogP contribution is 1.80. The first-order chi connectivity index (χ1) is 5.50. The average molecular weight is 178 g/mol. The fourth-order valence-electron chi connectivity index (χ4n) is 0.372. The predicted octanol–water partition coefficient (Wildman–Crippen LogP) is 0.677. The van der Waals surface area contributed by atoms with Gasteiger partial charge < -0.3 is 21.3 Å². The molecule has 0 aliphatic rings. The Morgan fingerprint density at radius 1 is 1.42 bits per heavy atom. The lowest BCUT2D eigenvalue weighted by Gasteiger charge is -1.94. The standard InChI is InChI=1S/C5H11NO2.CH3NO2/c1-2-3-4-6-5(7)8;2-1(3)4/h6H,2-4H2,1H3,(H,7,8);2H2,(H,3,4). The lowest BCUT2D eigenvalue weighted by molar-refractivity contribution is 0.194. The van der Waals surface area contributed by atoms with E-state index < -0.39 is 12.2 Å². The predicted molar refractivity (Wildman–Crippen MR) is 43.1 cm³/mol. The van der Waals surface area contributed by atoms with Gasteiger partial charge in [-0.05, 0) is 6.42 Å². The Labute approximate surface area is 70.4 Å². The van der Waals surface area contributed by atoms with Crippen LogP contribution in [0.1, 0.15) is 19.8 Å². The van der Waals surface area contributed by atoms with Gasteiger partial charge in [0.25, 0.3) is 0 Å². The number of hydrogen-bond acceptors (Lipinski definition) is 2. The fraction of sp³-hybridized carbons (Fsp3) is 0.667. The first-order valence-electron chi connectivity index (χ1n) is 3.45. The third kappa shape index (κ3) is 38.7. The zero-order valence-electron chi connectivity index (χ0n) is 6.91. The van der Waals surface area contributed by atoms with E-state index in [2.05, 4.69) is 11.1 Å². The van der Waals surface area contributed by atoms with Gasteiger partial charge in [-0.25, -0.2) is 9.59 Å². The molecule has 6 nitrogen and oxygen atoms in total. The van der Waals surface area contributed by atoms with Gasteiger partial charge in [0, 0.05) is 6.54 Å². The summed E-state index contributed by atoms with van der Waals surface area (Å²) >= 11 is 0. The van der Waals surface area contributed by atoms with Crippen LogP contribution in [0.25, 0.3) is 0 Å². The Hall–Kier alpha value is -1.46. The van der Waals surface area contributed by atoms with E-state index in [1.54, 1.807) is 0 Å². The van der Waals surface area contributed by atoms with Crippen molar-refractivity contribution in [2.24, 2.45) is 5.73 Å². The van der Waals surface area contributed by atoms with Gasteiger partial charge in [-0.15, -0.1) is 0 Å². The van der Waals surface area contributed by atoms with Crippen molar-refractivity contribution < 1.29 is 19.8 Å². The van der Waals surface area contributed by atoms with Crippen LogP contribution in [0.4, 0.5) is 9.59 Å². The molecule has 0 fully saturated rings. The molecule has 12 heavy (non-hydrogen) atoms. The van der Waals surface area contributed by atoms with Crippen LogP contribution < -0.4 is 11.1 Å². The summed E-state index contributed by atoms with van der Waals surface area (Å²) in [4.78, 5) is 18.5. The number of amides is 2. The van der Waals surface area contributed by atoms with E-state index in [1.165, 1.54) is 0 Å². The molecule has 72 valence electrons. The smallest absolute Gasteiger partial charge is 0.404 e. The van der Waals surface area contributed by atoms with Crippen molar-refractivity contribution >= 4 is 12.2 Å². The molecule has 5 N–H and O–H groups in total. The summed E-state index contributed by atoms with van der Waals surface area (Å²) in [5.74, 6) is 0. The normalized spacial score (nSPS) is 7.75. The van der Waals surface area contributed by atoms with Gasteiger partial charge in [0.2, 0.25) is 0 Å². The van der Waals surface area contributed by atoms with Crippen LogP contribution in [0.5, 0.6) is 0 Å². The topological polar surface area (TPSA) is 113 Å². The van der Waals surface area contributed by atoms with Crippen LogP contribution in [0.15, 0.2) is 0 Å². The molecule has 0 saturated heterocycles. The molecule has 0 radical (unpaired) electrons. The molecule has 0 aromatic carbocycles. The van der Waals surface area contributed by atoms with Crippen molar-refractivity contribution in [1.29, 1.82) is 0 Å². The van der Waals surface area contributed by atoms with Crippen molar-refractivity contribution in [3.05, 3.63) is 0 Å². The first-order valence-corrected chi connectivity index (χ1v) is 3.45. The van der Waals surface area contributed by atoms with Gasteiger partial charge in [0.05, 0.1) is 0 Å². The second-order valence-electron chi connectivity index (χ2n) is 1.92. The molecule has 0 heterocycles. The summed E-state index contributed by atoms with van der Waals surface area (Å²) in [5.41, 5.74) is 4.03. The van der Waals surface area contributed by atoms with Crippen LogP contribution >= 0.6 is 0 Å². The van der Waals surface area contributed by atoms with Crippen molar-refractivity contribution in [2.45, 2.75) is 19.8 Å². The summed E-state index contributed by atoms with van der Waals surface area (Å²) in [7, 11) is 0. The fourth-order valence-corrected chi connectivity index (χ4v) is 0.372. The van der Waals surface area contributed by atoms with E-state index in [1.807, 2.05) is 6.92 Å². The van der Waals surface area contributed by atoms with Crippen molar-refractivity contribution in [3.8, 4) is 0 Å². The summed E-state index contributed by atoms with van der Waals surface area (Å²) < 4.78 is 0. The van der Waals surface area contributed by atoms with Crippen molar-refractivity contribution in [2.75, 3.05) is 6.54 Å². The average Bonchev–Trinajstić information content (AvgIpc) is 1.86. The van der Waals surface area contributed by atoms with Crippen molar-refractivity contribution in [1.82, 2.24) is 5.32 Å². The maximum atomic E-state index is 9.76. The highest BCUT2D eigenvalue weighted by atomic mass is 16.4. The Kier molecular flexibility index (Phi) is 10.5. The number of unbranched alkanes of at least 4 members (excludes halogenated alkanes) is 1. The molecular formula is C6H14N2O4. The van der Waals surface area contributed by atoms with E-state index in [0.29, 0.717) is 6.54 Å². The number of primary amides is 1. The number of rotatable bonds is 3. The molecule has 0 spiro atoms. The van der Waals surface area contributed by atoms with E-state index in [9.17, 15) is 4.79 Å². The molecular weight excluding hydrogens is 164 g/mol. The lowest BCUT2D eigenvalue weighted by Crippen LogP contribution is -2.21. The number of carbonyl (C=O) groups is 2. The highest BCUT2D eigenvalue weighted by Gasteiger charge is 1.88. The third-order valence-electron chi connectivity index (χ3n) is 0.807. The second-order valence-corrected chi connectivity index (χ2v) is 1.92. The second kappa shape index (κ2) is 9.54. The van der Waals surface area contributed by atoms with Gasteiger partial charge >= 0.3 is 12.2 Å². The molecule has 0 rings (SSSR count). The number of nitrogens with one attached hydrogen (secondary N) is 1. The van der Waals surface area contributed by atoms with Gasteiger partial charge in [-0.3, -0.25) is 0 Å². The summed E-state index contributed by atoms with van der Waals surface area (Å²) in [6.45, 7) is 2.59. The molecule has 0 aromatic rings. The third-order valence-corrected chi connectivity index (χ3v) is 0.807. The van der Waals surface area contributed by atoms with Gasteiger partial charge in [-0.1, -0.05) is 13.3 Å². The lowest BCUT2D eigenvalue weighted by atomic mass is 10.3. The minimum Gasteiger partial charge on any atom is -0.465 e. The maximum absolute atomic E-state index is 9.76. The molecule has 0 aliphatic carbocycles. The van der Waals surface area contributed by atoms with Crippen molar-refractivity contribution in [3.63, 3.8) is 0 Å². The van der Waals surface area contributed by atoms with Crippen LogP contribution in [-0.2, 0) is 0 Å². The zero-order valence-corrected chi connectivity index (χ0v) is 6.91. The Morgan fingerprint density at radius 2 is 1.83 bits per heavy atom. The van der Waals surface area contributed by atoms with Crippen LogP contribution in [0.2, 0.25) is 0 Å². The molecule has 0 aromatic heterocycles. The molecule has 0 atom stereocenters. The zero-order chi connectivity index (χ0) is 9.98. The molecule has 0 unspecified atom stereocenters. The number of hydrogen-bond donors (Lipinski definition) is 4. The van der Waals surface area contributed by atoms with Gasteiger partial charge in [0.15, 0.2) is 0 Å². The first kappa shape index (κ1) is 13.2. The molecule has 2 amide bonds. The number of nitrogens with two attached hydrogens (primary N) is 1. The number of carboxylic acid groups (broad SMARTS) is 2. The van der Waals surface area contributed by atoms with Gasteiger partial charge in [0.1, 0.15) is 0 Å². The largest absolute Gasteiger partial charge is 0.465 e. The SMILES string of the molecule is CCCCNC(=O)O.NC(=O)O.